The van der Waals surface area contributed by atoms with Gasteiger partial charge in [0.2, 0.25) is 0 Å². The largest absolute Gasteiger partial charge is 0.489 e. The number of aromatic nitrogens is 1. The lowest BCUT2D eigenvalue weighted by Gasteiger charge is -2.30. The molecule has 0 N–H and O–H groups in total. The Morgan fingerprint density at radius 3 is 2.95 bits per heavy atom. The van der Waals surface area contributed by atoms with Crippen LogP contribution in [0.25, 0.3) is 0 Å². The SMILES string of the molecule is Cc1cc(C)c2c(c1)N(C(=O)c1ncccc1F)CCO2. The molecule has 4 nitrogen and oxygen atoms in total. The molecule has 0 bridgehead atoms. The summed E-state index contributed by atoms with van der Waals surface area (Å²) >= 11 is 0. The molecule has 0 spiro atoms. The molecule has 0 saturated heterocycles. The number of hydrogen-bond donors (Lipinski definition) is 0. The molecular weight excluding hydrogens is 271 g/mol. The van der Waals surface area contributed by atoms with E-state index in [1.807, 2.05) is 26.0 Å². The van der Waals surface area contributed by atoms with E-state index in [1.165, 1.54) is 23.2 Å². The van der Waals surface area contributed by atoms with Crippen molar-refractivity contribution in [3.63, 3.8) is 0 Å². The average molecular weight is 286 g/mol. The Labute approximate surface area is 122 Å². The van der Waals surface area contributed by atoms with Crippen LogP contribution in [-0.4, -0.2) is 24.0 Å². The van der Waals surface area contributed by atoms with Gasteiger partial charge in [-0.05, 0) is 43.2 Å². The molecule has 21 heavy (non-hydrogen) atoms. The maximum atomic E-state index is 13.8. The number of hydrogen-bond acceptors (Lipinski definition) is 3. The summed E-state index contributed by atoms with van der Waals surface area (Å²) in [7, 11) is 0. The molecule has 2 heterocycles. The second-order valence-electron chi connectivity index (χ2n) is 5.07. The zero-order chi connectivity index (χ0) is 15.0. The lowest BCUT2D eigenvalue weighted by Crippen LogP contribution is -2.39. The molecule has 0 fully saturated rings. The highest BCUT2D eigenvalue weighted by atomic mass is 19.1. The Bertz CT molecular complexity index is 715. The molecule has 1 aromatic carbocycles. The monoisotopic (exact) mass is 286 g/mol. The molecule has 0 saturated carbocycles. The molecule has 1 amide bonds. The summed E-state index contributed by atoms with van der Waals surface area (Å²) in [5, 5.41) is 0. The first kappa shape index (κ1) is 13.5. The van der Waals surface area contributed by atoms with Crippen molar-refractivity contribution in [3.05, 3.63) is 53.1 Å². The van der Waals surface area contributed by atoms with Crippen LogP contribution in [0.15, 0.2) is 30.5 Å². The molecule has 0 aliphatic carbocycles. The third kappa shape index (κ3) is 2.35. The molecule has 108 valence electrons. The Balaban J connectivity index is 2.07. The smallest absolute Gasteiger partial charge is 0.280 e. The van der Waals surface area contributed by atoms with E-state index in [9.17, 15) is 9.18 Å². The van der Waals surface area contributed by atoms with Gasteiger partial charge in [0.1, 0.15) is 12.4 Å². The van der Waals surface area contributed by atoms with Gasteiger partial charge in [-0.15, -0.1) is 0 Å². The summed E-state index contributed by atoms with van der Waals surface area (Å²) in [5.41, 5.74) is 2.50. The van der Waals surface area contributed by atoms with Gasteiger partial charge in [0, 0.05) is 6.20 Å². The van der Waals surface area contributed by atoms with E-state index in [0.29, 0.717) is 24.6 Å². The van der Waals surface area contributed by atoms with Crippen LogP contribution in [-0.2, 0) is 0 Å². The number of benzene rings is 1. The van der Waals surface area contributed by atoms with Gasteiger partial charge >= 0.3 is 0 Å². The Morgan fingerprint density at radius 1 is 1.38 bits per heavy atom. The number of carbonyl (C=O) groups is 1. The van der Waals surface area contributed by atoms with Gasteiger partial charge in [0.15, 0.2) is 11.5 Å². The molecule has 1 aliphatic rings. The fourth-order valence-corrected chi connectivity index (χ4v) is 2.56. The predicted molar refractivity (Wildman–Crippen MR) is 77.3 cm³/mol. The summed E-state index contributed by atoms with van der Waals surface area (Å²) in [6, 6.07) is 6.57. The first-order valence-electron chi connectivity index (χ1n) is 6.74. The second kappa shape index (κ2) is 5.16. The number of nitrogens with zero attached hydrogens (tertiary/aromatic N) is 2. The number of halogens is 1. The highest BCUT2D eigenvalue weighted by molar-refractivity contribution is 6.06. The summed E-state index contributed by atoms with van der Waals surface area (Å²) < 4.78 is 19.4. The van der Waals surface area contributed by atoms with E-state index in [-0.39, 0.29) is 5.69 Å². The Hall–Kier alpha value is -2.43. The fourth-order valence-electron chi connectivity index (χ4n) is 2.56. The molecule has 0 radical (unpaired) electrons. The fraction of sp³-hybridized carbons (Fsp3) is 0.250. The molecule has 1 aromatic heterocycles. The van der Waals surface area contributed by atoms with Gasteiger partial charge < -0.3 is 4.74 Å². The van der Waals surface area contributed by atoms with Crippen LogP contribution in [0.1, 0.15) is 21.6 Å². The quantitative estimate of drug-likeness (QED) is 0.809. The third-order valence-electron chi connectivity index (χ3n) is 3.46. The molecule has 1 aliphatic heterocycles. The second-order valence-corrected chi connectivity index (χ2v) is 5.07. The van der Waals surface area contributed by atoms with E-state index in [1.54, 1.807) is 0 Å². The van der Waals surface area contributed by atoms with E-state index in [4.69, 9.17) is 4.74 Å². The van der Waals surface area contributed by atoms with Crippen LogP contribution >= 0.6 is 0 Å². The first-order chi connectivity index (χ1) is 10.1. The zero-order valence-electron chi connectivity index (χ0n) is 11.9. The maximum Gasteiger partial charge on any atom is 0.280 e. The number of fused-ring (bicyclic) bond motifs is 1. The zero-order valence-corrected chi connectivity index (χ0v) is 11.9. The molecular formula is C16H15FN2O2. The summed E-state index contributed by atoms with van der Waals surface area (Å²) in [4.78, 5) is 18.0. The van der Waals surface area contributed by atoms with Crippen molar-refractivity contribution >= 4 is 11.6 Å². The van der Waals surface area contributed by atoms with Gasteiger partial charge in [0.05, 0.1) is 12.2 Å². The summed E-state index contributed by atoms with van der Waals surface area (Å²) in [6.45, 7) is 4.65. The van der Waals surface area contributed by atoms with Crippen LogP contribution in [0, 0.1) is 19.7 Å². The lowest BCUT2D eigenvalue weighted by atomic mass is 10.1. The van der Waals surface area contributed by atoms with Crippen molar-refractivity contribution in [1.29, 1.82) is 0 Å². The van der Waals surface area contributed by atoms with Gasteiger partial charge in [-0.25, -0.2) is 9.37 Å². The third-order valence-corrected chi connectivity index (χ3v) is 3.46. The predicted octanol–water partition coefficient (Wildman–Crippen LogP) is 2.88. The minimum absolute atomic E-state index is 0.162. The van der Waals surface area contributed by atoms with Gasteiger partial charge in [0.25, 0.3) is 5.91 Å². The van der Waals surface area contributed by atoms with E-state index < -0.39 is 11.7 Å². The number of rotatable bonds is 1. The summed E-state index contributed by atoms with van der Waals surface area (Å²) in [6.07, 6.45) is 1.42. The normalized spacial score (nSPS) is 13.6. The van der Waals surface area contributed by atoms with Crippen LogP contribution in [0.2, 0.25) is 0 Å². The molecule has 2 aromatic rings. The molecule has 3 rings (SSSR count). The first-order valence-corrected chi connectivity index (χ1v) is 6.74. The Kier molecular flexibility index (Phi) is 3.33. The van der Waals surface area contributed by atoms with Crippen LogP contribution in [0.3, 0.4) is 0 Å². The van der Waals surface area contributed by atoms with Crippen LogP contribution in [0.5, 0.6) is 5.75 Å². The summed E-state index contributed by atoms with van der Waals surface area (Å²) in [5.74, 6) is -0.376. The van der Waals surface area contributed by atoms with Crippen molar-refractivity contribution < 1.29 is 13.9 Å². The van der Waals surface area contributed by atoms with Crippen molar-refractivity contribution in [2.75, 3.05) is 18.1 Å². The van der Waals surface area contributed by atoms with Crippen molar-refractivity contribution in [3.8, 4) is 5.75 Å². The minimum Gasteiger partial charge on any atom is -0.489 e. The maximum absolute atomic E-state index is 13.8. The standard InChI is InChI=1S/C16H15FN2O2/c1-10-8-11(2)15-13(9-10)19(6-7-21-15)16(20)14-12(17)4-3-5-18-14/h3-5,8-9H,6-7H2,1-2H3. The van der Waals surface area contributed by atoms with Crippen molar-refractivity contribution in [2.24, 2.45) is 0 Å². The highest BCUT2D eigenvalue weighted by Crippen LogP contribution is 2.36. The van der Waals surface area contributed by atoms with E-state index >= 15 is 0 Å². The molecule has 0 unspecified atom stereocenters. The van der Waals surface area contributed by atoms with Gasteiger partial charge in [-0.2, -0.15) is 0 Å². The topological polar surface area (TPSA) is 42.4 Å². The number of carbonyl (C=O) groups excluding carboxylic acids is 1. The lowest BCUT2D eigenvalue weighted by molar-refractivity contribution is 0.0967. The number of amides is 1. The number of ether oxygens (including phenoxy) is 1. The number of anilines is 1. The van der Waals surface area contributed by atoms with Gasteiger partial charge in [-0.3, -0.25) is 9.69 Å². The number of pyridine rings is 1. The van der Waals surface area contributed by atoms with Crippen molar-refractivity contribution in [2.45, 2.75) is 13.8 Å². The Morgan fingerprint density at radius 2 is 2.19 bits per heavy atom. The van der Waals surface area contributed by atoms with E-state index in [0.717, 1.165) is 11.1 Å². The van der Waals surface area contributed by atoms with Gasteiger partial charge in [-0.1, -0.05) is 6.07 Å². The van der Waals surface area contributed by atoms with Crippen molar-refractivity contribution in [1.82, 2.24) is 4.98 Å². The molecule has 0 atom stereocenters. The number of aryl methyl sites for hydroxylation is 2. The minimum atomic E-state index is -0.611. The van der Waals surface area contributed by atoms with Crippen LogP contribution in [0.4, 0.5) is 10.1 Å². The average Bonchev–Trinajstić information content (AvgIpc) is 2.46. The molecule has 5 heteroatoms. The van der Waals surface area contributed by atoms with E-state index in [2.05, 4.69) is 4.98 Å². The van der Waals surface area contributed by atoms with Crippen LogP contribution < -0.4 is 9.64 Å². The highest BCUT2D eigenvalue weighted by Gasteiger charge is 2.28.